The minimum absolute atomic E-state index is 0.250. The summed E-state index contributed by atoms with van der Waals surface area (Å²) in [5, 5.41) is 17.6. The number of nitrogens with zero attached hydrogens (tertiary/aromatic N) is 1. The Balaban J connectivity index is 3.14. The van der Waals surface area contributed by atoms with E-state index < -0.39 is 0 Å². The molecule has 12 heavy (non-hydrogen) atoms. The minimum Gasteiger partial charge on any atom is -0.507 e. The second-order valence-electron chi connectivity index (χ2n) is 2.60. The number of rotatable bonds is 1. The van der Waals surface area contributed by atoms with Crippen molar-refractivity contribution >= 4 is 0 Å². The Morgan fingerprint density at radius 2 is 1.83 bits per heavy atom. The van der Waals surface area contributed by atoms with Crippen molar-refractivity contribution in [1.29, 1.82) is 5.26 Å². The smallest absolute Gasteiger partial charge is 0.292 e. The Kier molecular flexibility index (Phi) is 2.20. The van der Waals surface area contributed by atoms with Gasteiger partial charge in [0.2, 0.25) is 0 Å². The van der Waals surface area contributed by atoms with Gasteiger partial charge in [0, 0.05) is 0 Å². The van der Waals surface area contributed by atoms with Crippen LogP contribution in [-0.4, -0.2) is 5.11 Å². The van der Waals surface area contributed by atoms with E-state index in [0.29, 0.717) is 16.9 Å². The van der Waals surface area contributed by atoms with Gasteiger partial charge in [-0.3, -0.25) is 0 Å². The molecule has 3 heteroatoms. The standard InChI is InChI=1S/C9H9NO2/c1-6-3-8(12-5-10)4-7(2)9(6)11/h3-4,11H,1-2H3. The summed E-state index contributed by atoms with van der Waals surface area (Å²) in [5.74, 6) is 0.714. The molecule has 0 aromatic heterocycles. The van der Waals surface area contributed by atoms with Crippen molar-refractivity contribution in [2.75, 3.05) is 0 Å². The molecule has 0 unspecified atom stereocenters. The highest BCUT2D eigenvalue weighted by Crippen LogP contribution is 2.26. The van der Waals surface area contributed by atoms with Gasteiger partial charge in [-0.1, -0.05) is 0 Å². The minimum atomic E-state index is 0.250. The number of hydrogen-bond donors (Lipinski definition) is 1. The molecule has 1 rings (SSSR count). The third kappa shape index (κ3) is 1.48. The average Bonchev–Trinajstić information content (AvgIpc) is 2.01. The molecule has 0 heterocycles. The number of aromatic hydroxyl groups is 1. The van der Waals surface area contributed by atoms with Crippen molar-refractivity contribution in [1.82, 2.24) is 0 Å². The van der Waals surface area contributed by atoms with Crippen LogP contribution in [0.25, 0.3) is 0 Å². The molecule has 0 amide bonds. The normalized spacial score (nSPS) is 9.08. The van der Waals surface area contributed by atoms with Gasteiger partial charge in [-0.25, -0.2) is 0 Å². The summed E-state index contributed by atoms with van der Waals surface area (Å²) in [7, 11) is 0. The molecule has 0 bridgehead atoms. The Bertz CT molecular complexity index is 316. The molecule has 3 nitrogen and oxygen atoms in total. The second kappa shape index (κ2) is 3.14. The van der Waals surface area contributed by atoms with E-state index in [9.17, 15) is 5.11 Å². The van der Waals surface area contributed by atoms with Gasteiger partial charge in [-0.2, -0.15) is 0 Å². The van der Waals surface area contributed by atoms with Crippen molar-refractivity contribution in [3.63, 3.8) is 0 Å². The largest absolute Gasteiger partial charge is 0.507 e. The molecule has 0 aliphatic rings. The van der Waals surface area contributed by atoms with Crippen LogP contribution in [0.5, 0.6) is 11.5 Å². The summed E-state index contributed by atoms with van der Waals surface area (Å²) in [6.07, 6.45) is 1.58. The molecule has 0 fully saturated rings. The van der Waals surface area contributed by atoms with Gasteiger partial charge in [0.25, 0.3) is 6.26 Å². The number of benzene rings is 1. The molecular formula is C9H9NO2. The summed E-state index contributed by atoms with van der Waals surface area (Å²) in [5.41, 5.74) is 1.42. The van der Waals surface area contributed by atoms with Crippen LogP contribution < -0.4 is 4.74 Å². The highest BCUT2D eigenvalue weighted by Gasteiger charge is 2.03. The van der Waals surface area contributed by atoms with Gasteiger partial charge in [-0.05, 0) is 37.1 Å². The maximum atomic E-state index is 9.36. The van der Waals surface area contributed by atoms with E-state index in [1.54, 1.807) is 32.2 Å². The Morgan fingerprint density at radius 1 is 1.33 bits per heavy atom. The molecule has 1 N–H and O–H groups in total. The fourth-order valence-electron chi connectivity index (χ4n) is 1.03. The maximum absolute atomic E-state index is 9.36. The van der Waals surface area contributed by atoms with Crippen molar-refractivity contribution in [2.45, 2.75) is 13.8 Å². The van der Waals surface area contributed by atoms with Crippen LogP contribution in [0.15, 0.2) is 12.1 Å². The van der Waals surface area contributed by atoms with Crippen LogP contribution in [-0.2, 0) is 0 Å². The van der Waals surface area contributed by atoms with Gasteiger partial charge in [-0.15, -0.1) is 5.26 Å². The first-order chi connectivity index (χ1) is 5.65. The number of ether oxygens (including phenoxy) is 1. The van der Waals surface area contributed by atoms with Crippen LogP contribution in [0, 0.1) is 25.4 Å². The molecule has 0 atom stereocenters. The molecule has 0 aliphatic carbocycles. The van der Waals surface area contributed by atoms with Crippen LogP contribution >= 0.6 is 0 Å². The summed E-state index contributed by atoms with van der Waals surface area (Å²) in [6.45, 7) is 3.51. The van der Waals surface area contributed by atoms with E-state index in [1.165, 1.54) is 0 Å². The molecule has 1 aromatic carbocycles. The van der Waals surface area contributed by atoms with E-state index in [-0.39, 0.29) is 5.75 Å². The van der Waals surface area contributed by atoms with Gasteiger partial charge in [0.05, 0.1) is 0 Å². The molecule has 0 saturated heterocycles. The zero-order chi connectivity index (χ0) is 9.14. The van der Waals surface area contributed by atoms with Crippen LogP contribution in [0.4, 0.5) is 0 Å². The summed E-state index contributed by atoms with van der Waals surface area (Å²) in [6, 6.07) is 3.23. The number of hydrogen-bond acceptors (Lipinski definition) is 3. The van der Waals surface area contributed by atoms with E-state index in [1.807, 2.05) is 0 Å². The lowest BCUT2D eigenvalue weighted by Gasteiger charge is -2.04. The quantitative estimate of drug-likeness (QED) is 0.643. The lowest BCUT2D eigenvalue weighted by atomic mass is 10.1. The van der Waals surface area contributed by atoms with Crippen LogP contribution in [0.3, 0.4) is 0 Å². The van der Waals surface area contributed by atoms with E-state index >= 15 is 0 Å². The molecule has 0 spiro atoms. The highest BCUT2D eigenvalue weighted by atomic mass is 16.5. The van der Waals surface area contributed by atoms with Crippen molar-refractivity contribution in [2.24, 2.45) is 0 Å². The van der Waals surface area contributed by atoms with Crippen molar-refractivity contribution in [3.05, 3.63) is 23.3 Å². The topological polar surface area (TPSA) is 53.2 Å². The van der Waals surface area contributed by atoms with Gasteiger partial charge >= 0.3 is 0 Å². The summed E-state index contributed by atoms with van der Waals surface area (Å²) < 4.78 is 4.62. The Hall–Kier alpha value is -1.69. The molecule has 0 aliphatic heterocycles. The van der Waals surface area contributed by atoms with Crippen LogP contribution in [0.2, 0.25) is 0 Å². The summed E-state index contributed by atoms with van der Waals surface area (Å²) >= 11 is 0. The molecule has 0 saturated carbocycles. The lowest BCUT2D eigenvalue weighted by Crippen LogP contribution is -1.86. The predicted molar refractivity (Wildman–Crippen MR) is 43.8 cm³/mol. The first-order valence-corrected chi connectivity index (χ1v) is 3.51. The third-order valence-electron chi connectivity index (χ3n) is 1.63. The zero-order valence-electron chi connectivity index (χ0n) is 6.96. The molecule has 0 radical (unpaired) electrons. The van der Waals surface area contributed by atoms with Crippen molar-refractivity contribution < 1.29 is 9.84 Å². The maximum Gasteiger partial charge on any atom is 0.292 e. The Morgan fingerprint density at radius 3 is 2.25 bits per heavy atom. The van der Waals surface area contributed by atoms with Gasteiger partial charge < -0.3 is 9.84 Å². The Labute approximate surface area is 70.8 Å². The zero-order valence-corrected chi connectivity index (χ0v) is 6.96. The average molecular weight is 163 g/mol. The molecule has 62 valence electrons. The third-order valence-corrected chi connectivity index (χ3v) is 1.63. The van der Waals surface area contributed by atoms with E-state index in [4.69, 9.17) is 5.26 Å². The second-order valence-corrected chi connectivity index (χ2v) is 2.60. The van der Waals surface area contributed by atoms with E-state index in [2.05, 4.69) is 4.74 Å². The number of phenolic OH excluding ortho intramolecular Hbond substituents is 1. The monoisotopic (exact) mass is 163 g/mol. The lowest BCUT2D eigenvalue weighted by molar-refractivity contribution is 0.461. The predicted octanol–water partition coefficient (Wildman–Crippen LogP) is 1.87. The SMILES string of the molecule is Cc1cc(OC#N)cc(C)c1O. The summed E-state index contributed by atoms with van der Waals surface area (Å²) in [4.78, 5) is 0. The van der Waals surface area contributed by atoms with Gasteiger partial charge in [0.1, 0.15) is 11.5 Å². The number of nitriles is 1. The molecular weight excluding hydrogens is 154 g/mol. The van der Waals surface area contributed by atoms with Gasteiger partial charge in [0.15, 0.2) is 0 Å². The fraction of sp³-hybridized carbons (Fsp3) is 0.222. The first kappa shape index (κ1) is 8.41. The fourth-order valence-corrected chi connectivity index (χ4v) is 1.03. The highest BCUT2D eigenvalue weighted by molar-refractivity contribution is 5.45. The first-order valence-electron chi connectivity index (χ1n) is 3.51. The van der Waals surface area contributed by atoms with E-state index in [0.717, 1.165) is 0 Å². The number of aryl methyl sites for hydroxylation is 2. The molecule has 1 aromatic rings. The number of phenols is 1. The van der Waals surface area contributed by atoms with Crippen LogP contribution in [0.1, 0.15) is 11.1 Å². The van der Waals surface area contributed by atoms with Crippen molar-refractivity contribution in [3.8, 4) is 17.8 Å².